The minimum atomic E-state index is -0.715. The number of ketones is 1. The van der Waals surface area contributed by atoms with Gasteiger partial charge >= 0.3 is 0 Å². The molecule has 0 aliphatic heterocycles. The summed E-state index contributed by atoms with van der Waals surface area (Å²) in [6.07, 6.45) is 0. The Morgan fingerprint density at radius 1 is 1.12 bits per heavy atom. The van der Waals surface area contributed by atoms with Crippen LogP contribution >= 0.6 is 0 Å². The van der Waals surface area contributed by atoms with Gasteiger partial charge in [-0.05, 0) is 36.4 Å². The Labute approximate surface area is 143 Å². The molecule has 0 aliphatic carbocycles. The number of rotatable bonds is 4. The number of carbonyl (C=O) groups is 2. The lowest BCUT2D eigenvalue weighted by atomic mass is 10.1. The van der Waals surface area contributed by atoms with Crippen molar-refractivity contribution in [3.05, 3.63) is 41.2 Å². The molecule has 1 amide bonds. The summed E-state index contributed by atoms with van der Waals surface area (Å²) in [5.74, 6) is -0.775. The Balaban J connectivity index is 1.84. The first-order valence-corrected chi connectivity index (χ1v) is 7.57. The summed E-state index contributed by atoms with van der Waals surface area (Å²) in [4.78, 5) is 24.8. The molecule has 25 heavy (non-hydrogen) atoms. The van der Waals surface area contributed by atoms with E-state index in [4.69, 9.17) is 0 Å². The predicted molar refractivity (Wildman–Crippen MR) is 89.9 cm³/mol. The van der Waals surface area contributed by atoms with Crippen molar-refractivity contribution in [1.82, 2.24) is 30.0 Å². The largest absolute Gasteiger partial charge is 0.319 e. The maximum atomic E-state index is 12.5. The first-order chi connectivity index (χ1) is 11.9. The number of hydrogen-bond donors (Lipinski definition) is 1. The molecule has 1 aromatic carbocycles. The monoisotopic (exact) mass is 339 g/mol. The van der Waals surface area contributed by atoms with Crippen LogP contribution in [0.1, 0.15) is 21.7 Å². The van der Waals surface area contributed by atoms with Gasteiger partial charge in [0.25, 0.3) is 11.7 Å². The lowest BCUT2D eigenvalue weighted by Crippen LogP contribution is -2.24. The lowest BCUT2D eigenvalue weighted by molar-refractivity contribution is -0.112. The molecule has 0 radical (unpaired) electrons. The summed E-state index contributed by atoms with van der Waals surface area (Å²) in [5.41, 5.74) is 2.72. The summed E-state index contributed by atoms with van der Waals surface area (Å²) < 4.78 is 3.10. The molecule has 2 heterocycles. The van der Waals surface area contributed by atoms with Gasteiger partial charge in [-0.25, -0.2) is 4.68 Å². The molecular formula is C16H17N7O2. The van der Waals surface area contributed by atoms with Gasteiger partial charge in [0.15, 0.2) is 5.82 Å². The molecule has 0 spiro atoms. The number of hydrogen-bond acceptors (Lipinski definition) is 6. The number of Topliss-reactive ketones (excluding diaryl/α,β-unsaturated/α-hetero) is 1. The van der Waals surface area contributed by atoms with Crippen LogP contribution in [-0.4, -0.2) is 41.7 Å². The van der Waals surface area contributed by atoms with E-state index in [0.29, 0.717) is 28.5 Å². The SMILES string of the molecule is Cc1nn(C)c(C)c1C(=O)C(=O)Nc1cccc(-c2nnnn2C)c1. The van der Waals surface area contributed by atoms with Crippen LogP contribution in [0.2, 0.25) is 0 Å². The number of aryl methyl sites for hydroxylation is 3. The van der Waals surface area contributed by atoms with Crippen LogP contribution < -0.4 is 5.32 Å². The van der Waals surface area contributed by atoms with E-state index in [9.17, 15) is 9.59 Å². The third-order valence-corrected chi connectivity index (χ3v) is 3.94. The molecule has 2 aromatic heterocycles. The van der Waals surface area contributed by atoms with Gasteiger partial charge in [0.1, 0.15) is 0 Å². The number of carbonyl (C=O) groups excluding carboxylic acids is 2. The van der Waals surface area contributed by atoms with Gasteiger partial charge in [-0.3, -0.25) is 14.3 Å². The van der Waals surface area contributed by atoms with E-state index in [1.165, 1.54) is 4.68 Å². The van der Waals surface area contributed by atoms with E-state index in [1.807, 2.05) is 6.07 Å². The van der Waals surface area contributed by atoms with Crippen LogP contribution in [0.5, 0.6) is 0 Å². The molecule has 1 N–H and O–H groups in total. The van der Waals surface area contributed by atoms with Crippen molar-refractivity contribution < 1.29 is 9.59 Å². The van der Waals surface area contributed by atoms with Gasteiger partial charge in [0.2, 0.25) is 0 Å². The maximum Gasteiger partial charge on any atom is 0.296 e. The van der Waals surface area contributed by atoms with Gasteiger partial charge in [0.05, 0.1) is 11.3 Å². The average molecular weight is 339 g/mol. The second-order valence-corrected chi connectivity index (χ2v) is 5.66. The molecule has 9 nitrogen and oxygen atoms in total. The fraction of sp³-hybridized carbons (Fsp3) is 0.250. The highest BCUT2D eigenvalue weighted by atomic mass is 16.2. The van der Waals surface area contributed by atoms with Gasteiger partial charge in [-0.15, -0.1) is 5.10 Å². The van der Waals surface area contributed by atoms with Crippen LogP contribution in [0.4, 0.5) is 5.69 Å². The Morgan fingerprint density at radius 2 is 1.88 bits per heavy atom. The number of aromatic nitrogens is 6. The number of nitrogens with one attached hydrogen (secondary N) is 1. The fourth-order valence-corrected chi connectivity index (χ4v) is 2.61. The van der Waals surface area contributed by atoms with Gasteiger partial charge < -0.3 is 5.32 Å². The number of benzene rings is 1. The Kier molecular flexibility index (Phi) is 4.14. The lowest BCUT2D eigenvalue weighted by Gasteiger charge is -2.07. The van der Waals surface area contributed by atoms with Crippen molar-refractivity contribution in [2.45, 2.75) is 13.8 Å². The zero-order valence-electron chi connectivity index (χ0n) is 14.3. The van der Waals surface area contributed by atoms with Gasteiger partial charge in [-0.2, -0.15) is 5.10 Å². The quantitative estimate of drug-likeness (QED) is 0.562. The van der Waals surface area contributed by atoms with Crippen LogP contribution in [0.25, 0.3) is 11.4 Å². The molecule has 0 aliphatic rings. The van der Waals surface area contributed by atoms with Crippen LogP contribution in [-0.2, 0) is 18.9 Å². The number of nitrogens with zero attached hydrogens (tertiary/aromatic N) is 6. The van der Waals surface area contributed by atoms with Crippen LogP contribution in [0.3, 0.4) is 0 Å². The van der Waals surface area contributed by atoms with E-state index in [-0.39, 0.29) is 0 Å². The topological polar surface area (TPSA) is 108 Å². The Morgan fingerprint density at radius 3 is 2.48 bits per heavy atom. The molecule has 128 valence electrons. The molecule has 3 rings (SSSR count). The summed E-state index contributed by atoms with van der Waals surface area (Å²) in [6.45, 7) is 3.46. The van der Waals surface area contributed by atoms with Crippen molar-refractivity contribution in [3.63, 3.8) is 0 Å². The molecule has 0 bridgehead atoms. The molecule has 9 heteroatoms. The number of amides is 1. The van der Waals surface area contributed by atoms with Crippen LogP contribution in [0.15, 0.2) is 24.3 Å². The van der Waals surface area contributed by atoms with Crippen molar-refractivity contribution in [3.8, 4) is 11.4 Å². The molecular weight excluding hydrogens is 322 g/mol. The third-order valence-electron chi connectivity index (χ3n) is 3.94. The first kappa shape index (κ1) is 16.5. The molecule has 0 unspecified atom stereocenters. The number of anilines is 1. The number of tetrazole rings is 1. The zero-order chi connectivity index (χ0) is 18.1. The first-order valence-electron chi connectivity index (χ1n) is 7.57. The highest BCUT2D eigenvalue weighted by Gasteiger charge is 2.24. The second-order valence-electron chi connectivity index (χ2n) is 5.66. The molecule has 0 atom stereocenters. The Bertz CT molecular complexity index is 971. The van der Waals surface area contributed by atoms with Crippen molar-refractivity contribution in [2.24, 2.45) is 14.1 Å². The summed E-state index contributed by atoms with van der Waals surface area (Å²) in [5, 5.41) is 18.1. The van der Waals surface area contributed by atoms with E-state index < -0.39 is 11.7 Å². The van der Waals surface area contributed by atoms with Crippen molar-refractivity contribution >= 4 is 17.4 Å². The standard InChI is InChI=1S/C16H17N7O2/c1-9-13(10(2)22(3)19-9)14(24)16(25)17-12-7-5-6-11(8-12)15-18-20-21-23(15)4/h5-8H,1-4H3,(H,17,25). The highest BCUT2D eigenvalue weighted by molar-refractivity contribution is 6.47. The van der Waals surface area contributed by atoms with E-state index in [0.717, 1.165) is 5.56 Å². The van der Waals surface area contributed by atoms with Crippen molar-refractivity contribution in [2.75, 3.05) is 5.32 Å². The smallest absolute Gasteiger partial charge is 0.296 e. The third kappa shape index (κ3) is 3.03. The van der Waals surface area contributed by atoms with Crippen LogP contribution in [0, 0.1) is 13.8 Å². The molecule has 0 saturated carbocycles. The second kappa shape index (κ2) is 6.27. The normalized spacial score (nSPS) is 10.7. The fourth-order valence-electron chi connectivity index (χ4n) is 2.61. The van der Waals surface area contributed by atoms with E-state index in [1.54, 1.807) is 50.8 Å². The average Bonchev–Trinajstić information content (AvgIpc) is 3.10. The summed E-state index contributed by atoms with van der Waals surface area (Å²) >= 11 is 0. The highest BCUT2D eigenvalue weighted by Crippen LogP contribution is 2.20. The molecule has 3 aromatic rings. The van der Waals surface area contributed by atoms with Crippen molar-refractivity contribution in [1.29, 1.82) is 0 Å². The maximum absolute atomic E-state index is 12.5. The predicted octanol–water partition coefficient (Wildman–Crippen LogP) is 1.05. The minimum absolute atomic E-state index is 0.327. The minimum Gasteiger partial charge on any atom is -0.319 e. The summed E-state index contributed by atoms with van der Waals surface area (Å²) in [7, 11) is 3.45. The summed E-state index contributed by atoms with van der Waals surface area (Å²) in [6, 6.07) is 6.98. The van der Waals surface area contributed by atoms with E-state index >= 15 is 0 Å². The van der Waals surface area contributed by atoms with E-state index in [2.05, 4.69) is 25.9 Å². The molecule has 0 saturated heterocycles. The van der Waals surface area contributed by atoms with Gasteiger partial charge in [0, 0.05) is 31.0 Å². The molecule has 0 fully saturated rings. The zero-order valence-corrected chi connectivity index (χ0v) is 14.3. The van der Waals surface area contributed by atoms with Gasteiger partial charge in [-0.1, -0.05) is 12.1 Å². The Hall–Kier alpha value is -3.36.